The number of benzene rings is 2. The van der Waals surface area contributed by atoms with Gasteiger partial charge in [-0.3, -0.25) is 4.79 Å². The molecule has 0 fully saturated rings. The quantitative estimate of drug-likeness (QED) is 0.432. The molecule has 2 aromatic heterocycles. The van der Waals surface area contributed by atoms with Gasteiger partial charge in [0.25, 0.3) is 0 Å². The van der Waals surface area contributed by atoms with Gasteiger partial charge in [-0.25, -0.2) is 4.98 Å². The number of amides is 1. The van der Waals surface area contributed by atoms with E-state index in [2.05, 4.69) is 45.0 Å². The summed E-state index contributed by atoms with van der Waals surface area (Å²) in [5.41, 5.74) is 5.56. The van der Waals surface area contributed by atoms with Crippen molar-refractivity contribution in [3.05, 3.63) is 89.7 Å². The highest BCUT2D eigenvalue weighted by atomic mass is 16.1. The van der Waals surface area contributed by atoms with Crippen LogP contribution in [0.25, 0.3) is 10.9 Å². The van der Waals surface area contributed by atoms with E-state index in [0.717, 1.165) is 29.7 Å². The number of nitrogens with zero attached hydrogens (tertiary/aromatic N) is 1. The highest BCUT2D eigenvalue weighted by molar-refractivity contribution is 5.91. The Kier molecular flexibility index (Phi) is 5.56. The van der Waals surface area contributed by atoms with Gasteiger partial charge in [-0.15, -0.1) is 0 Å². The molecule has 0 aliphatic rings. The number of rotatable bonds is 7. The Morgan fingerprint density at radius 3 is 2.66 bits per heavy atom. The largest absolute Gasteiger partial charge is 0.383 e. The minimum absolute atomic E-state index is 0.0681. The molecule has 0 saturated carbocycles. The number of pyridine rings is 1. The standard InChI is InChI=1S/C24H24N4O/c1-17-6-8-18(9-7-17)14-24(29)28-23-11-10-20(16-27-23)25-13-12-19-15-26-22-5-3-2-4-21(19)22/h2-11,15-16,25-26H,12-14H2,1H3,(H,27,28,29). The molecule has 0 saturated heterocycles. The van der Waals surface area contributed by atoms with Crippen LogP contribution in [0.4, 0.5) is 11.5 Å². The first-order valence-corrected chi connectivity index (χ1v) is 9.78. The first-order chi connectivity index (χ1) is 14.2. The van der Waals surface area contributed by atoms with E-state index < -0.39 is 0 Å². The van der Waals surface area contributed by atoms with Gasteiger partial charge in [-0.2, -0.15) is 0 Å². The lowest BCUT2D eigenvalue weighted by Gasteiger charge is -2.08. The van der Waals surface area contributed by atoms with Crippen LogP contribution in [-0.2, 0) is 17.6 Å². The van der Waals surface area contributed by atoms with Crippen molar-refractivity contribution in [3.63, 3.8) is 0 Å². The predicted molar refractivity (Wildman–Crippen MR) is 118 cm³/mol. The van der Waals surface area contributed by atoms with Gasteiger partial charge >= 0.3 is 0 Å². The third-order valence-electron chi connectivity index (χ3n) is 4.91. The number of carbonyl (C=O) groups excluding carboxylic acids is 1. The van der Waals surface area contributed by atoms with Crippen LogP contribution >= 0.6 is 0 Å². The van der Waals surface area contributed by atoms with Crippen molar-refractivity contribution in [2.75, 3.05) is 17.2 Å². The fourth-order valence-electron chi connectivity index (χ4n) is 3.33. The number of para-hydroxylation sites is 1. The van der Waals surface area contributed by atoms with Gasteiger partial charge in [0.2, 0.25) is 5.91 Å². The molecular weight excluding hydrogens is 360 g/mol. The Labute approximate surface area is 170 Å². The van der Waals surface area contributed by atoms with Crippen molar-refractivity contribution in [3.8, 4) is 0 Å². The van der Waals surface area contributed by atoms with Crippen LogP contribution in [0, 0.1) is 6.92 Å². The third kappa shape index (κ3) is 4.82. The van der Waals surface area contributed by atoms with Crippen molar-refractivity contribution < 1.29 is 4.79 Å². The molecule has 4 rings (SSSR count). The van der Waals surface area contributed by atoms with E-state index in [1.807, 2.05) is 49.4 Å². The van der Waals surface area contributed by atoms with E-state index in [0.29, 0.717) is 12.2 Å². The van der Waals surface area contributed by atoms with Crippen LogP contribution in [-0.4, -0.2) is 22.4 Å². The molecule has 5 heteroatoms. The average molecular weight is 384 g/mol. The third-order valence-corrected chi connectivity index (χ3v) is 4.91. The van der Waals surface area contributed by atoms with E-state index in [4.69, 9.17) is 0 Å². The van der Waals surface area contributed by atoms with Crippen molar-refractivity contribution in [1.82, 2.24) is 9.97 Å². The number of carbonyl (C=O) groups is 1. The number of H-pyrrole nitrogens is 1. The Morgan fingerprint density at radius 1 is 1.03 bits per heavy atom. The number of hydrogen-bond acceptors (Lipinski definition) is 3. The van der Waals surface area contributed by atoms with Crippen molar-refractivity contribution in [1.29, 1.82) is 0 Å². The lowest BCUT2D eigenvalue weighted by molar-refractivity contribution is -0.115. The Hall–Kier alpha value is -3.60. The zero-order valence-electron chi connectivity index (χ0n) is 16.4. The van der Waals surface area contributed by atoms with Gasteiger partial charge in [-0.1, -0.05) is 48.0 Å². The second kappa shape index (κ2) is 8.61. The molecule has 0 atom stereocenters. The summed E-state index contributed by atoms with van der Waals surface area (Å²) in [6.07, 6.45) is 5.07. The maximum atomic E-state index is 12.2. The monoisotopic (exact) mass is 384 g/mol. The summed E-state index contributed by atoms with van der Waals surface area (Å²) >= 11 is 0. The topological polar surface area (TPSA) is 69.8 Å². The number of nitrogens with one attached hydrogen (secondary N) is 3. The SMILES string of the molecule is Cc1ccc(CC(=O)Nc2ccc(NCCc3c[nH]c4ccccc34)cn2)cc1. The van der Waals surface area contributed by atoms with Crippen LogP contribution in [0.3, 0.4) is 0 Å². The number of fused-ring (bicyclic) bond motifs is 1. The number of anilines is 2. The number of aromatic nitrogens is 2. The fourth-order valence-corrected chi connectivity index (χ4v) is 3.33. The summed E-state index contributed by atoms with van der Waals surface area (Å²) in [6, 6.07) is 20.0. The van der Waals surface area contributed by atoms with E-state index in [9.17, 15) is 4.79 Å². The summed E-state index contributed by atoms with van der Waals surface area (Å²) < 4.78 is 0. The predicted octanol–water partition coefficient (Wildman–Crippen LogP) is 4.71. The van der Waals surface area contributed by atoms with Gasteiger partial charge in [0, 0.05) is 23.6 Å². The molecule has 5 nitrogen and oxygen atoms in total. The van der Waals surface area contributed by atoms with Gasteiger partial charge in [0.05, 0.1) is 18.3 Å². The zero-order valence-corrected chi connectivity index (χ0v) is 16.4. The average Bonchev–Trinajstić information content (AvgIpc) is 3.14. The summed E-state index contributed by atoms with van der Waals surface area (Å²) in [5.74, 6) is 0.491. The van der Waals surface area contributed by atoms with E-state index in [-0.39, 0.29) is 5.91 Å². The Bertz CT molecular complexity index is 1100. The molecule has 0 bridgehead atoms. The first kappa shape index (κ1) is 18.7. The summed E-state index contributed by atoms with van der Waals surface area (Å²) in [4.78, 5) is 19.8. The Morgan fingerprint density at radius 2 is 1.86 bits per heavy atom. The van der Waals surface area contributed by atoms with Gasteiger partial charge in [0.1, 0.15) is 5.82 Å². The molecule has 0 unspecified atom stereocenters. The van der Waals surface area contributed by atoms with Crippen LogP contribution in [0.1, 0.15) is 16.7 Å². The first-order valence-electron chi connectivity index (χ1n) is 9.78. The fraction of sp³-hybridized carbons (Fsp3) is 0.167. The minimum atomic E-state index is -0.0681. The molecule has 3 N–H and O–H groups in total. The van der Waals surface area contributed by atoms with Crippen molar-refractivity contribution in [2.24, 2.45) is 0 Å². The lowest BCUT2D eigenvalue weighted by Crippen LogP contribution is -2.15. The summed E-state index contributed by atoms with van der Waals surface area (Å²) in [6.45, 7) is 2.84. The number of aryl methyl sites for hydroxylation is 1. The maximum Gasteiger partial charge on any atom is 0.229 e. The summed E-state index contributed by atoms with van der Waals surface area (Å²) in [5, 5.41) is 7.50. The van der Waals surface area contributed by atoms with Crippen LogP contribution in [0.5, 0.6) is 0 Å². The normalized spacial score (nSPS) is 10.8. The molecular formula is C24H24N4O. The highest BCUT2D eigenvalue weighted by Gasteiger charge is 2.06. The highest BCUT2D eigenvalue weighted by Crippen LogP contribution is 2.18. The van der Waals surface area contributed by atoms with Crippen molar-refractivity contribution in [2.45, 2.75) is 19.8 Å². The Balaban J connectivity index is 1.27. The summed E-state index contributed by atoms with van der Waals surface area (Å²) in [7, 11) is 0. The molecule has 29 heavy (non-hydrogen) atoms. The lowest BCUT2D eigenvalue weighted by atomic mass is 10.1. The van der Waals surface area contributed by atoms with Gasteiger partial charge < -0.3 is 15.6 Å². The zero-order chi connectivity index (χ0) is 20.1. The molecule has 4 aromatic rings. The second-order valence-corrected chi connectivity index (χ2v) is 7.18. The van der Waals surface area contributed by atoms with Crippen molar-refractivity contribution >= 4 is 28.3 Å². The molecule has 146 valence electrons. The van der Waals surface area contributed by atoms with E-state index in [1.165, 1.54) is 16.5 Å². The number of hydrogen-bond donors (Lipinski definition) is 3. The molecule has 0 radical (unpaired) electrons. The smallest absolute Gasteiger partial charge is 0.229 e. The van der Waals surface area contributed by atoms with Crippen LogP contribution in [0.15, 0.2) is 73.1 Å². The van der Waals surface area contributed by atoms with Crippen LogP contribution in [0.2, 0.25) is 0 Å². The van der Waals surface area contributed by atoms with Crippen LogP contribution < -0.4 is 10.6 Å². The maximum absolute atomic E-state index is 12.2. The van der Waals surface area contributed by atoms with Gasteiger partial charge in [0.15, 0.2) is 0 Å². The molecule has 2 aromatic carbocycles. The number of aromatic amines is 1. The van der Waals surface area contributed by atoms with E-state index in [1.54, 1.807) is 6.20 Å². The van der Waals surface area contributed by atoms with E-state index >= 15 is 0 Å². The molecule has 2 heterocycles. The molecule has 0 aliphatic carbocycles. The molecule has 0 aliphatic heterocycles. The second-order valence-electron chi connectivity index (χ2n) is 7.18. The minimum Gasteiger partial charge on any atom is -0.383 e. The van der Waals surface area contributed by atoms with Gasteiger partial charge in [-0.05, 0) is 42.7 Å². The molecule has 1 amide bonds. The molecule has 0 spiro atoms.